The Morgan fingerprint density at radius 3 is 2.88 bits per heavy atom. The van der Waals surface area contributed by atoms with Crippen LogP contribution in [-0.2, 0) is 6.42 Å². The van der Waals surface area contributed by atoms with Crippen LogP contribution in [-0.4, -0.2) is 49.1 Å². The molecule has 3 nitrogen and oxygen atoms in total. The number of anilines is 1. The van der Waals surface area contributed by atoms with Crippen molar-refractivity contribution in [2.45, 2.75) is 19.4 Å². The van der Waals surface area contributed by atoms with Crippen LogP contribution < -0.4 is 5.73 Å². The summed E-state index contributed by atoms with van der Waals surface area (Å²) < 4.78 is 0. The Morgan fingerprint density at radius 2 is 2.18 bits per heavy atom. The van der Waals surface area contributed by atoms with E-state index in [0.717, 1.165) is 18.7 Å². The quantitative estimate of drug-likeness (QED) is 0.802. The molecule has 2 N–H and O–H groups in total. The highest BCUT2D eigenvalue weighted by molar-refractivity contribution is 5.40. The number of hydrogen-bond donors (Lipinski definition) is 1. The molecule has 1 aromatic rings. The van der Waals surface area contributed by atoms with Crippen LogP contribution in [0.5, 0.6) is 0 Å². The maximum Gasteiger partial charge on any atom is 0.0316 e. The molecule has 1 saturated heterocycles. The lowest BCUT2D eigenvalue weighted by molar-refractivity contribution is 0.101. The molecular formula is C14H23N3. The second-order valence-corrected chi connectivity index (χ2v) is 5.14. The van der Waals surface area contributed by atoms with Crippen molar-refractivity contribution in [2.24, 2.45) is 0 Å². The zero-order valence-electron chi connectivity index (χ0n) is 10.9. The number of benzene rings is 1. The van der Waals surface area contributed by atoms with E-state index in [4.69, 9.17) is 5.73 Å². The minimum Gasteiger partial charge on any atom is -0.399 e. The highest BCUT2D eigenvalue weighted by atomic mass is 15.3. The van der Waals surface area contributed by atoms with Crippen molar-refractivity contribution < 1.29 is 0 Å². The van der Waals surface area contributed by atoms with Gasteiger partial charge in [-0.25, -0.2) is 0 Å². The summed E-state index contributed by atoms with van der Waals surface area (Å²) >= 11 is 0. The summed E-state index contributed by atoms with van der Waals surface area (Å²) in [6.07, 6.45) is 1.10. The molecule has 94 valence electrons. The van der Waals surface area contributed by atoms with Crippen molar-refractivity contribution in [3.63, 3.8) is 0 Å². The molecular weight excluding hydrogens is 210 g/mol. The van der Waals surface area contributed by atoms with Crippen LogP contribution >= 0.6 is 0 Å². The van der Waals surface area contributed by atoms with Crippen molar-refractivity contribution in [2.75, 3.05) is 39.0 Å². The van der Waals surface area contributed by atoms with Crippen LogP contribution in [0.3, 0.4) is 0 Å². The summed E-state index contributed by atoms with van der Waals surface area (Å²) in [5.41, 5.74) is 8.01. The Hall–Kier alpha value is -1.06. The number of piperazine rings is 1. The van der Waals surface area contributed by atoms with Crippen molar-refractivity contribution in [1.29, 1.82) is 0 Å². The monoisotopic (exact) mass is 233 g/mol. The van der Waals surface area contributed by atoms with Crippen molar-refractivity contribution in [1.82, 2.24) is 9.80 Å². The van der Waals surface area contributed by atoms with E-state index >= 15 is 0 Å². The normalized spacial score (nSPS) is 22.8. The van der Waals surface area contributed by atoms with Gasteiger partial charge in [-0.15, -0.1) is 0 Å². The van der Waals surface area contributed by atoms with E-state index < -0.39 is 0 Å². The average molecular weight is 233 g/mol. The van der Waals surface area contributed by atoms with Gasteiger partial charge in [-0.3, -0.25) is 4.90 Å². The van der Waals surface area contributed by atoms with Gasteiger partial charge in [0.15, 0.2) is 0 Å². The molecule has 17 heavy (non-hydrogen) atoms. The maximum absolute atomic E-state index is 5.79. The zero-order chi connectivity index (χ0) is 12.3. The number of nitrogens with zero attached hydrogens (tertiary/aromatic N) is 2. The standard InChI is InChI=1S/C14H23N3/c1-12-11-16(2)8-9-17(12)7-6-13-4-3-5-14(15)10-13/h3-5,10,12H,6-9,11,15H2,1-2H3. The first-order valence-electron chi connectivity index (χ1n) is 6.42. The summed E-state index contributed by atoms with van der Waals surface area (Å²) in [6, 6.07) is 8.90. The first-order chi connectivity index (χ1) is 8.15. The minimum atomic E-state index is 0.662. The molecule has 0 radical (unpaired) electrons. The summed E-state index contributed by atoms with van der Waals surface area (Å²) in [6.45, 7) is 6.99. The van der Waals surface area contributed by atoms with Gasteiger partial charge in [0.1, 0.15) is 0 Å². The van der Waals surface area contributed by atoms with E-state index in [9.17, 15) is 0 Å². The molecule has 1 fully saturated rings. The fraction of sp³-hybridized carbons (Fsp3) is 0.571. The molecule has 0 bridgehead atoms. The Balaban J connectivity index is 1.86. The van der Waals surface area contributed by atoms with Gasteiger partial charge in [-0.1, -0.05) is 12.1 Å². The molecule has 2 rings (SSSR count). The summed E-state index contributed by atoms with van der Waals surface area (Å²) in [5, 5.41) is 0. The molecule has 1 aromatic carbocycles. The lowest BCUT2D eigenvalue weighted by Crippen LogP contribution is -2.50. The third kappa shape index (κ3) is 3.45. The topological polar surface area (TPSA) is 32.5 Å². The Morgan fingerprint density at radius 1 is 1.35 bits per heavy atom. The molecule has 1 unspecified atom stereocenters. The van der Waals surface area contributed by atoms with E-state index in [1.54, 1.807) is 0 Å². The van der Waals surface area contributed by atoms with Crippen molar-refractivity contribution in [3.8, 4) is 0 Å². The predicted octanol–water partition coefficient (Wildman–Crippen LogP) is 1.45. The Kier molecular flexibility index (Phi) is 4.02. The van der Waals surface area contributed by atoms with Gasteiger partial charge >= 0.3 is 0 Å². The van der Waals surface area contributed by atoms with E-state index in [0.29, 0.717) is 6.04 Å². The van der Waals surface area contributed by atoms with Gasteiger partial charge in [-0.05, 0) is 38.1 Å². The van der Waals surface area contributed by atoms with Gasteiger partial charge < -0.3 is 10.6 Å². The number of nitrogens with two attached hydrogens (primary N) is 1. The van der Waals surface area contributed by atoms with E-state index in [-0.39, 0.29) is 0 Å². The summed E-state index contributed by atoms with van der Waals surface area (Å²) in [4.78, 5) is 4.98. The number of likely N-dealkylation sites (N-methyl/N-ethyl adjacent to an activating group) is 1. The zero-order valence-corrected chi connectivity index (χ0v) is 10.9. The Bertz CT molecular complexity index is 364. The van der Waals surface area contributed by atoms with Crippen LogP contribution in [0.2, 0.25) is 0 Å². The molecule has 3 heteroatoms. The molecule has 1 aliphatic heterocycles. The van der Waals surface area contributed by atoms with Gasteiger partial charge in [0.2, 0.25) is 0 Å². The van der Waals surface area contributed by atoms with Crippen molar-refractivity contribution in [3.05, 3.63) is 29.8 Å². The van der Waals surface area contributed by atoms with E-state index in [2.05, 4.69) is 35.9 Å². The smallest absolute Gasteiger partial charge is 0.0316 e. The van der Waals surface area contributed by atoms with E-state index in [1.165, 1.54) is 25.2 Å². The molecule has 0 amide bonds. The minimum absolute atomic E-state index is 0.662. The highest BCUT2D eigenvalue weighted by Gasteiger charge is 2.20. The van der Waals surface area contributed by atoms with Crippen LogP contribution in [0.15, 0.2) is 24.3 Å². The van der Waals surface area contributed by atoms with Crippen LogP contribution in [0.4, 0.5) is 5.69 Å². The van der Waals surface area contributed by atoms with Crippen LogP contribution in [0.25, 0.3) is 0 Å². The van der Waals surface area contributed by atoms with E-state index in [1.807, 2.05) is 12.1 Å². The average Bonchev–Trinajstić information content (AvgIpc) is 2.28. The molecule has 0 aliphatic carbocycles. The van der Waals surface area contributed by atoms with Gasteiger partial charge in [-0.2, -0.15) is 0 Å². The highest BCUT2D eigenvalue weighted by Crippen LogP contribution is 2.11. The number of hydrogen-bond acceptors (Lipinski definition) is 3. The van der Waals surface area contributed by atoms with Crippen LogP contribution in [0.1, 0.15) is 12.5 Å². The lowest BCUT2D eigenvalue weighted by Gasteiger charge is -2.38. The number of nitrogen functional groups attached to an aromatic ring is 1. The molecule has 0 spiro atoms. The maximum atomic E-state index is 5.79. The second kappa shape index (κ2) is 5.52. The first-order valence-corrected chi connectivity index (χ1v) is 6.42. The summed E-state index contributed by atoms with van der Waals surface area (Å²) in [7, 11) is 2.20. The van der Waals surface area contributed by atoms with Gasteiger partial charge in [0.05, 0.1) is 0 Å². The molecule has 0 aromatic heterocycles. The van der Waals surface area contributed by atoms with Gasteiger partial charge in [0.25, 0.3) is 0 Å². The summed E-state index contributed by atoms with van der Waals surface area (Å²) in [5.74, 6) is 0. The molecule has 0 saturated carbocycles. The largest absolute Gasteiger partial charge is 0.399 e. The third-order valence-corrected chi connectivity index (χ3v) is 3.61. The lowest BCUT2D eigenvalue weighted by atomic mass is 10.1. The fourth-order valence-corrected chi connectivity index (χ4v) is 2.53. The third-order valence-electron chi connectivity index (χ3n) is 3.61. The predicted molar refractivity (Wildman–Crippen MR) is 73.1 cm³/mol. The molecule has 1 heterocycles. The fourth-order valence-electron chi connectivity index (χ4n) is 2.53. The van der Waals surface area contributed by atoms with Crippen LogP contribution in [0, 0.1) is 0 Å². The SMILES string of the molecule is CC1CN(C)CCN1CCc1cccc(N)c1. The first kappa shape index (κ1) is 12.4. The molecule has 1 aliphatic rings. The number of rotatable bonds is 3. The Labute approximate surface area is 104 Å². The van der Waals surface area contributed by atoms with Gasteiger partial charge in [0, 0.05) is 37.9 Å². The molecule has 1 atom stereocenters. The van der Waals surface area contributed by atoms with Crippen molar-refractivity contribution >= 4 is 5.69 Å². The second-order valence-electron chi connectivity index (χ2n) is 5.14.